The molecule has 0 saturated carbocycles. The molecule has 0 aliphatic heterocycles. The maximum atomic E-state index is 10.1. The minimum atomic E-state index is -0.581. The van der Waals surface area contributed by atoms with E-state index in [1.165, 1.54) is 5.01 Å². The third-order valence-electron chi connectivity index (χ3n) is 1.61. The van der Waals surface area contributed by atoms with Crippen LogP contribution in [0.1, 0.15) is 0 Å². The van der Waals surface area contributed by atoms with Crippen LogP contribution >= 0.6 is 0 Å². The van der Waals surface area contributed by atoms with E-state index >= 15 is 0 Å². The van der Waals surface area contributed by atoms with Gasteiger partial charge in [-0.2, -0.15) is 4.91 Å². The number of anilines is 1. The monoisotopic (exact) mass is 206 g/mol. The first kappa shape index (κ1) is 10.8. The van der Waals surface area contributed by atoms with Crippen LogP contribution in [0.15, 0.2) is 35.6 Å². The topological polar surface area (TPSA) is 95.1 Å². The minimum absolute atomic E-state index is 0.0684. The van der Waals surface area contributed by atoms with Gasteiger partial charge in [-0.3, -0.25) is 10.1 Å². The van der Waals surface area contributed by atoms with Crippen molar-refractivity contribution in [2.24, 2.45) is 5.22 Å². The largest absolute Gasteiger partial charge is 0.320 e. The van der Waals surface area contributed by atoms with Crippen LogP contribution in [-0.2, 0) is 0 Å². The summed E-state index contributed by atoms with van der Waals surface area (Å²) in [6, 6.07) is 8.70. The summed E-state index contributed by atoms with van der Waals surface area (Å²) in [5.41, 5.74) is 8.90. The summed E-state index contributed by atoms with van der Waals surface area (Å²) in [4.78, 5) is 12.1. The summed E-state index contributed by atoms with van der Waals surface area (Å²) in [5, 5.41) is 14.7. The van der Waals surface area contributed by atoms with Crippen molar-refractivity contribution in [3.63, 3.8) is 0 Å². The van der Waals surface area contributed by atoms with Gasteiger partial charge in [-0.15, -0.1) is 5.53 Å². The predicted octanol–water partition coefficient (Wildman–Crippen LogP) is 2.16. The molecule has 0 aliphatic carbocycles. The highest BCUT2D eigenvalue weighted by Gasteiger charge is 2.12. The molecule has 77 valence electrons. The van der Waals surface area contributed by atoms with Crippen LogP contribution in [0.5, 0.6) is 0 Å². The lowest BCUT2D eigenvalue weighted by Gasteiger charge is -2.09. The van der Waals surface area contributed by atoms with Crippen molar-refractivity contribution in [3.05, 3.63) is 57.4 Å². The van der Waals surface area contributed by atoms with Crippen molar-refractivity contribution in [2.75, 3.05) is 11.6 Å². The third-order valence-corrected chi connectivity index (χ3v) is 1.61. The van der Waals surface area contributed by atoms with Gasteiger partial charge in [0.2, 0.25) is 0 Å². The number of hydrogen-bond acceptors (Lipinski definition) is 3. The van der Waals surface area contributed by atoms with E-state index in [0.29, 0.717) is 5.69 Å². The fourth-order valence-corrected chi connectivity index (χ4v) is 0.986. The molecule has 0 unspecified atom stereocenters. The Hall–Kier alpha value is -2.27. The molecule has 15 heavy (non-hydrogen) atoms. The minimum Gasteiger partial charge on any atom is -0.264 e. The van der Waals surface area contributed by atoms with Crippen molar-refractivity contribution in [1.29, 1.82) is 0 Å². The number of azide groups is 1. The van der Waals surface area contributed by atoms with Gasteiger partial charge in [-0.25, -0.2) is 5.01 Å². The van der Waals surface area contributed by atoms with Crippen LogP contribution in [0.4, 0.5) is 5.69 Å². The van der Waals surface area contributed by atoms with Gasteiger partial charge in [-0.05, 0) is 17.4 Å². The summed E-state index contributed by atoms with van der Waals surface area (Å²) in [7, 11) is 0. The molecule has 7 heteroatoms. The SMILES string of the molecule is [N-]=[N+]=NN(C[CH][N+](=O)[O-])c1ccccc1. The summed E-state index contributed by atoms with van der Waals surface area (Å²) in [6.45, 7) is 0.753. The average Bonchev–Trinajstić information content (AvgIpc) is 2.25. The molecule has 1 aromatic carbocycles. The molecule has 1 aromatic rings. The summed E-state index contributed by atoms with van der Waals surface area (Å²) < 4.78 is 0. The van der Waals surface area contributed by atoms with Gasteiger partial charge >= 0.3 is 6.54 Å². The standard InChI is InChI=1S/C8H8N5O2/c9-10-11-12(6-7-13(14)15)8-4-2-1-3-5-8/h1-5,7H,6H2. The number of hydrogen-bond donors (Lipinski definition) is 0. The van der Waals surface area contributed by atoms with E-state index in [9.17, 15) is 10.1 Å². The Kier molecular flexibility index (Phi) is 3.93. The van der Waals surface area contributed by atoms with Crippen molar-refractivity contribution in [3.8, 4) is 0 Å². The average molecular weight is 206 g/mol. The highest BCUT2D eigenvalue weighted by molar-refractivity contribution is 5.45. The van der Waals surface area contributed by atoms with Crippen molar-refractivity contribution in [2.45, 2.75) is 0 Å². The smallest absolute Gasteiger partial charge is 0.264 e. The van der Waals surface area contributed by atoms with Crippen LogP contribution in [0.25, 0.3) is 10.4 Å². The van der Waals surface area contributed by atoms with E-state index in [2.05, 4.69) is 10.1 Å². The molecule has 1 rings (SSSR count). The fourth-order valence-electron chi connectivity index (χ4n) is 0.986. The van der Waals surface area contributed by atoms with Gasteiger partial charge in [0.1, 0.15) is 5.69 Å². The van der Waals surface area contributed by atoms with Crippen LogP contribution in [0.3, 0.4) is 0 Å². The quantitative estimate of drug-likeness (QED) is 0.243. The highest BCUT2D eigenvalue weighted by Crippen LogP contribution is 2.13. The Morgan fingerprint density at radius 1 is 1.53 bits per heavy atom. The maximum Gasteiger partial charge on any atom is 0.320 e. The molecule has 0 fully saturated rings. The van der Waals surface area contributed by atoms with E-state index in [0.717, 1.165) is 6.54 Å². The lowest BCUT2D eigenvalue weighted by Crippen LogP contribution is -2.19. The molecule has 0 atom stereocenters. The van der Waals surface area contributed by atoms with Crippen LogP contribution in [-0.4, -0.2) is 11.5 Å². The highest BCUT2D eigenvalue weighted by atomic mass is 16.6. The normalized spacial score (nSPS) is 9.07. The van der Waals surface area contributed by atoms with Crippen LogP contribution < -0.4 is 5.01 Å². The Labute approximate surface area is 85.7 Å². The molecular weight excluding hydrogens is 198 g/mol. The molecule has 0 heterocycles. The summed E-state index contributed by atoms with van der Waals surface area (Å²) in [5.74, 6) is 0. The molecule has 7 nitrogen and oxygen atoms in total. The Balaban J connectivity index is 2.74. The van der Waals surface area contributed by atoms with Gasteiger partial charge in [-0.1, -0.05) is 18.2 Å². The Morgan fingerprint density at radius 2 is 2.20 bits per heavy atom. The van der Waals surface area contributed by atoms with Gasteiger partial charge in [0.05, 0.1) is 0 Å². The molecule has 0 aromatic heterocycles. The zero-order valence-corrected chi connectivity index (χ0v) is 7.72. The van der Waals surface area contributed by atoms with E-state index in [1.54, 1.807) is 30.3 Å². The summed E-state index contributed by atoms with van der Waals surface area (Å²) in [6.07, 6.45) is 0. The first-order valence-corrected chi connectivity index (χ1v) is 4.08. The second-order valence-corrected chi connectivity index (χ2v) is 2.56. The zero-order valence-electron chi connectivity index (χ0n) is 7.72. The Bertz CT molecular complexity index is 374. The molecule has 0 amide bonds. The molecule has 0 N–H and O–H groups in total. The van der Waals surface area contributed by atoms with E-state index in [4.69, 9.17) is 5.53 Å². The second kappa shape index (κ2) is 5.46. The first-order chi connectivity index (χ1) is 7.24. The van der Waals surface area contributed by atoms with Gasteiger partial charge < -0.3 is 0 Å². The van der Waals surface area contributed by atoms with Crippen LogP contribution in [0, 0.1) is 16.7 Å². The van der Waals surface area contributed by atoms with E-state index in [1.807, 2.05) is 0 Å². The van der Waals surface area contributed by atoms with Crippen molar-refractivity contribution < 1.29 is 4.92 Å². The zero-order chi connectivity index (χ0) is 11.1. The lowest BCUT2D eigenvalue weighted by molar-refractivity contribution is -0.435. The first-order valence-electron chi connectivity index (χ1n) is 4.08. The number of para-hydroxylation sites is 1. The van der Waals surface area contributed by atoms with E-state index < -0.39 is 4.92 Å². The molecular formula is C8H8N5O2. The van der Waals surface area contributed by atoms with Crippen molar-refractivity contribution >= 4 is 5.69 Å². The summed E-state index contributed by atoms with van der Waals surface area (Å²) >= 11 is 0. The lowest BCUT2D eigenvalue weighted by atomic mass is 10.3. The molecule has 0 bridgehead atoms. The maximum absolute atomic E-state index is 10.1. The third kappa shape index (κ3) is 3.53. The van der Waals surface area contributed by atoms with Crippen molar-refractivity contribution in [1.82, 2.24) is 0 Å². The van der Waals surface area contributed by atoms with Gasteiger partial charge in [0, 0.05) is 4.92 Å². The number of nitro groups is 1. The van der Waals surface area contributed by atoms with Gasteiger partial charge in [0.25, 0.3) is 0 Å². The number of nitrogens with zero attached hydrogens (tertiary/aromatic N) is 5. The number of rotatable bonds is 5. The molecule has 0 spiro atoms. The molecule has 0 aliphatic rings. The second-order valence-electron chi connectivity index (χ2n) is 2.56. The fraction of sp³-hybridized carbons (Fsp3) is 0.125. The van der Waals surface area contributed by atoms with Crippen LogP contribution in [0.2, 0.25) is 0 Å². The van der Waals surface area contributed by atoms with Gasteiger partial charge in [0.15, 0.2) is 6.54 Å². The van der Waals surface area contributed by atoms with E-state index in [-0.39, 0.29) is 6.54 Å². The Morgan fingerprint density at radius 3 is 2.73 bits per heavy atom. The molecule has 1 radical (unpaired) electrons. The number of benzene rings is 1. The predicted molar refractivity (Wildman–Crippen MR) is 54.2 cm³/mol. The molecule has 0 saturated heterocycles.